The normalized spacial score (nSPS) is 49.3. The molecular weight excluding hydrogens is 256 g/mol. The Morgan fingerprint density at radius 1 is 1.14 bits per heavy atom. The molecule has 0 aliphatic heterocycles. The molecule has 0 heterocycles. The lowest BCUT2D eigenvalue weighted by Crippen LogP contribution is -2.43. The van der Waals surface area contributed by atoms with Crippen molar-refractivity contribution in [3.05, 3.63) is 23.8 Å². The van der Waals surface area contributed by atoms with Gasteiger partial charge in [0.05, 0.1) is 6.10 Å². The van der Waals surface area contributed by atoms with Crippen molar-refractivity contribution in [3.63, 3.8) is 0 Å². The number of allylic oxidation sites excluding steroid dienone is 2. The van der Waals surface area contributed by atoms with Gasteiger partial charge in [0.2, 0.25) is 0 Å². The average molecular weight is 286 g/mol. The summed E-state index contributed by atoms with van der Waals surface area (Å²) in [7, 11) is 0. The molecule has 1 nitrogen and oxygen atoms in total. The molecule has 0 saturated heterocycles. The van der Waals surface area contributed by atoms with Gasteiger partial charge in [-0.2, -0.15) is 0 Å². The van der Waals surface area contributed by atoms with Crippen molar-refractivity contribution >= 4 is 0 Å². The van der Waals surface area contributed by atoms with Gasteiger partial charge in [0.25, 0.3) is 0 Å². The summed E-state index contributed by atoms with van der Waals surface area (Å²) in [5, 5.41) is 9.96. The Morgan fingerprint density at radius 2 is 2.00 bits per heavy atom. The molecule has 0 bridgehead atoms. The Labute approximate surface area is 129 Å². The summed E-state index contributed by atoms with van der Waals surface area (Å²) in [6.45, 7) is 6.68. The molecule has 21 heavy (non-hydrogen) atoms. The van der Waals surface area contributed by atoms with Gasteiger partial charge in [-0.3, -0.25) is 0 Å². The minimum atomic E-state index is -0.0502. The molecule has 2 saturated carbocycles. The molecule has 0 amide bonds. The highest BCUT2D eigenvalue weighted by atomic mass is 16.3. The van der Waals surface area contributed by atoms with E-state index >= 15 is 0 Å². The molecule has 2 fully saturated rings. The van der Waals surface area contributed by atoms with Crippen molar-refractivity contribution in [2.75, 3.05) is 0 Å². The SMILES string of the molecule is C=CC1CCC2C3CCC4=C(CCC(O)C4)C3CCC12C. The Kier molecular flexibility index (Phi) is 3.33. The summed E-state index contributed by atoms with van der Waals surface area (Å²) >= 11 is 0. The van der Waals surface area contributed by atoms with Gasteiger partial charge in [-0.1, -0.05) is 24.1 Å². The lowest BCUT2D eigenvalue weighted by molar-refractivity contribution is 0.0212. The van der Waals surface area contributed by atoms with Gasteiger partial charge in [-0.15, -0.1) is 6.58 Å². The van der Waals surface area contributed by atoms with E-state index in [9.17, 15) is 5.11 Å². The van der Waals surface area contributed by atoms with Crippen LogP contribution < -0.4 is 0 Å². The highest BCUT2D eigenvalue weighted by molar-refractivity contribution is 5.27. The fourth-order valence-corrected chi connectivity index (χ4v) is 6.62. The number of aliphatic hydroxyl groups excluding tert-OH is 1. The molecule has 0 aromatic rings. The third kappa shape index (κ3) is 2.00. The minimum Gasteiger partial charge on any atom is -0.393 e. The van der Waals surface area contributed by atoms with Gasteiger partial charge >= 0.3 is 0 Å². The summed E-state index contributed by atoms with van der Waals surface area (Å²) in [5.74, 6) is 3.48. The molecular formula is C20H30O. The first-order valence-corrected chi connectivity index (χ1v) is 9.15. The minimum absolute atomic E-state index is 0.0502. The van der Waals surface area contributed by atoms with Crippen LogP contribution in [0.3, 0.4) is 0 Å². The molecule has 4 aliphatic carbocycles. The fourth-order valence-electron chi connectivity index (χ4n) is 6.62. The van der Waals surface area contributed by atoms with Gasteiger partial charge in [0.1, 0.15) is 0 Å². The Morgan fingerprint density at radius 3 is 2.81 bits per heavy atom. The molecule has 4 aliphatic rings. The Hall–Kier alpha value is -0.560. The topological polar surface area (TPSA) is 20.2 Å². The molecule has 0 radical (unpaired) electrons. The fraction of sp³-hybridized carbons (Fsp3) is 0.800. The molecule has 6 unspecified atom stereocenters. The van der Waals surface area contributed by atoms with Crippen LogP contribution in [0.2, 0.25) is 0 Å². The molecule has 1 heteroatoms. The van der Waals surface area contributed by atoms with Gasteiger partial charge in [0, 0.05) is 0 Å². The number of fused-ring (bicyclic) bond motifs is 4. The maximum Gasteiger partial charge on any atom is 0.0580 e. The lowest BCUT2D eigenvalue weighted by atomic mass is 9.53. The smallest absolute Gasteiger partial charge is 0.0580 e. The maximum atomic E-state index is 9.96. The zero-order chi connectivity index (χ0) is 14.6. The van der Waals surface area contributed by atoms with Gasteiger partial charge in [0.15, 0.2) is 0 Å². The van der Waals surface area contributed by atoms with Crippen LogP contribution in [0.4, 0.5) is 0 Å². The number of aliphatic hydroxyl groups is 1. The van der Waals surface area contributed by atoms with Crippen LogP contribution in [0, 0.1) is 29.1 Å². The number of hydrogen-bond donors (Lipinski definition) is 1. The molecule has 4 rings (SSSR count). The highest BCUT2D eigenvalue weighted by Crippen LogP contribution is 2.63. The van der Waals surface area contributed by atoms with Crippen molar-refractivity contribution < 1.29 is 5.11 Å². The second-order valence-corrected chi connectivity index (χ2v) is 8.40. The lowest BCUT2D eigenvalue weighted by Gasteiger charge is -2.52. The van der Waals surface area contributed by atoms with Crippen LogP contribution in [0.25, 0.3) is 0 Å². The van der Waals surface area contributed by atoms with Gasteiger partial charge in [-0.05, 0) is 86.9 Å². The quantitative estimate of drug-likeness (QED) is 0.682. The first-order valence-electron chi connectivity index (χ1n) is 9.15. The molecule has 6 atom stereocenters. The van der Waals surface area contributed by atoms with E-state index in [-0.39, 0.29) is 6.10 Å². The van der Waals surface area contributed by atoms with Crippen molar-refractivity contribution in [1.29, 1.82) is 0 Å². The first kappa shape index (κ1) is 14.1. The summed E-state index contributed by atoms with van der Waals surface area (Å²) in [5.41, 5.74) is 3.98. The van der Waals surface area contributed by atoms with E-state index in [1.807, 2.05) is 0 Å². The standard InChI is InChI=1S/C20H30O/c1-3-14-5-9-19-18-7-4-13-12-15(21)6-8-16(13)17(18)10-11-20(14,19)2/h3,14-15,17-19,21H,1,4-12H2,2H3. The monoisotopic (exact) mass is 286 g/mol. The van der Waals surface area contributed by atoms with E-state index in [4.69, 9.17) is 0 Å². The Balaban J connectivity index is 1.63. The molecule has 0 spiro atoms. The molecule has 1 N–H and O–H groups in total. The summed E-state index contributed by atoms with van der Waals surface area (Å²) in [6, 6.07) is 0. The van der Waals surface area contributed by atoms with E-state index in [1.165, 1.54) is 44.9 Å². The zero-order valence-corrected chi connectivity index (χ0v) is 13.5. The van der Waals surface area contributed by atoms with Crippen molar-refractivity contribution in [2.24, 2.45) is 29.1 Å². The molecule has 116 valence electrons. The maximum absolute atomic E-state index is 9.96. The van der Waals surface area contributed by atoms with Crippen molar-refractivity contribution in [2.45, 2.75) is 70.8 Å². The van der Waals surface area contributed by atoms with Crippen molar-refractivity contribution in [1.82, 2.24) is 0 Å². The first-order chi connectivity index (χ1) is 10.1. The van der Waals surface area contributed by atoms with Crippen LogP contribution in [0.15, 0.2) is 23.8 Å². The van der Waals surface area contributed by atoms with Crippen LogP contribution in [0.1, 0.15) is 64.7 Å². The summed E-state index contributed by atoms with van der Waals surface area (Å²) in [4.78, 5) is 0. The van der Waals surface area contributed by atoms with E-state index in [0.717, 1.165) is 36.5 Å². The third-order valence-electron chi connectivity index (χ3n) is 7.71. The number of rotatable bonds is 1. The third-order valence-corrected chi connectivity index (χ3v) is 7.71. The molecule has 0 aromatic carbocycles. The zero-order valence-electron chi connectivity index (χ0n) is 13.5. The van der Waals surface area contributed by atoms with Crippen LogP contribution in [-0.4, -0.2) is 11.2 Å². The number of hydrogen-bond acceptors (Lipinski definition) is 1. The van der Waals surface area contributed by atoms with Gasteiger partial charge < -0.3 is 5.11 Å². The highest BCUT2D eigenvalue weighted by Gasteiger charge is 2.54. The predicted molar refractivity (Wildman–Crippen MR) is 86.8 cm³/mol. The summed E-state index contributed by atoms with van der Waals surface area (Å²) < 4.78 is 0. The molecule has 0 aromatic heterocycles. The Bertz CT molecular complexity index is 476. The van der Waals surface area contributed by atoms with Crippen molar-refractivity contribution in [3.8, 4) is 0 Å². The van der Waals surface area contributed by atoms with E-state index in [0.29, 0.717) is 5.41 Å². The van der Waals surface area contributed by atoms with Crippen LogP contribution in [-0.2, 0) is 0 Å². The summed E-state index contributed by atoms with van der Waals surface area (Å²) in [6.07, 6.45) is 13.7. The van der Waals surface area contributed by atoms with E-state index < -0.39 is 0 Å². The second-order valence-electron chi connectivity index (χ2n) is 8.40. The van der Waals surface area contributed by atoms with Gasteiger partial charge in [-0.25, -0.2) is 0 Å². The second kappa shape index (κ2) is 4.98. The van der Waals surface area contributed by atoms with Crippen LogP contribution >= 0.6 is 0 Å². The average Bonchev–Trinajstić information content (AvgIpc) is 2.83. The van der Waals surface area contributed by atoms with E-state index in [1.54, 1.807) is 11.1 Å². The van der Waals surface area contributed by atoms with Crippen LogP contribution in [0.5, 0.6) is 0 Å². The largest absolute Gasteiger partial charge is 0.393 e. The predicted octanol–water partition coefficient (Wildman–Crippen LogP) is 4.87. The van der Waals surface area contributed by atoms with E-state index in [2.05, 4.69) is 19.6 Å².